The van der Waals surface area contributed by atoms with Crippen LogP contribution < -0.4 is 10.6 Å². The highest BCUT2D eigenvalue weighted by atomic mass is 16.6. The molecular weight excluding hydrogens is 482 g/mol. The Hall–Kier alpha value is -4.17. The normalized spacial score (nSPS) is 20.8. The molecule has 8 heteroatoms. The van der Waals surface area contributed by atoms with E-state index in [9.17, 15) is 14.4 Å². The lowest BCUT2D eigenvalue weighted by molar-refractivity contribution is -0.0336. The number of fused-ring (bicyclic) bond motifs is 3. The average Bonchev–Trinajstić information content (AvgIpc) is 2.96. The summed E-state index contributed by atoms with van der Waals surface area (Å²) in [5.41, 5.74) is 3.09. The van der Waals surface area contributed by atoms with E-state index in [0.29, 0.717) is 11.5 Å². The Morgan fingerprint density at radius 3 is 2.26 bits per heavy atom. The molecule has 6 rings (SSSR count). The summed E-state index contributed by atoms with van der Waals surface area (Å²) in [6, 6.07) is 22.7. The van der Waals surface area contributed by atoms with Gasteiger partial charge < -0.3 is 20.5 Å². The highest BCUT2D eigenvalue weighted by Crippen LogP contribution is 2.30. The zero-order chi connectivity index (χ0) is 26.5. The molecule has 0 radical (unpaired) electrons. The molecule has 3 aliphatic rings. The van der Waals surface area contributed by atoms with Crippen LogP contribution in [0.3, 0.4) is 0 Å². The second-order valence-electron chi connectivity index (χ2n) is 9.88. The van der Waals surface area contributed by atoms with Gasteiger partial charge in [0.2, 0.25) is 0 Å². The molecular formula is C30H31N3O5. The number of aromatic carboxylic acids is 1. The van der Waals surface area contributed by atoms with Gasteiger partial charge in [0, 0.05) is 18.7 Å². The third-order valence-corrected chi connectivity index (χ3v) is 7.39. The number of carboxylic acid groups (broad SMARTS) is 1. The maximum atomic E-state index is 13.0. The van der Waals surface area contributed by atoms with Gasteiger partial charge in [-0.25, -0.2) is 9.59 Å². The number of alkyl carbamates (subject to hydrolysis) is 1. The number of hydrogen-bond donors (Lipinski definition) is 3. The van der Waals surface area contributed by atoms with Crippen molar-refractivity contribution in [1.29, 1.82) is 0 Å². The maximum Gasteiger partial charge on any atom is 0.408 e. The van der Waals surface area contributed by atoms with Gasteiger partial charge in [0.25, 0.3) is 5.91 Å². The molecule has 2 amide bonds. The topological polar surface area (TPSA) is 108 Å². The van der Waals surface area contributed by atoms with Crippen molar-refractivity contribution in [3.8, 4) is 0 Å². The number of ether oxygens (including phenoxy) is 1. The number of nitrogens with one attached hydrogen (secondary N) is 2. The van der Waals surface area contributed by atoms with Gasteiger partial charge in [0.1, 0.15) is 6.10 Å². The molecule has 3 aromatic carbocycles. The van der Waals surface area contributed by atoms with Crippen molar-refractivity contribution in [2.75, 3.05) is 19.6 Å². The number of rotatable bonds is 8. The number of benzene rings is 3. The Labute approximate surface area is 221 Å². The Morgan fingerprint density at radius 2 is 1.61 bits per heavy atom. The number of nitrogens with zero attached hydrogens (tertiary/aromatic N) is 1. The van der Waals surface area contributed by atoms with Crippen LogP contribution in [0.4, 0.5) is 4.79 Å². The third-order valence-electron chi connectivity index (χ3n) is 7.39. The number of carboxylic acids is 1. The van der Waals surface area contributed by atoms with Crippen LogP contribution in [0.25, 0.3) is 0 Å². The van der Waals surface area contributed by atoms with Crippen LogP contribution in [0.15, 0.2) is 78.9 Å². The van der Waals surface area contributed by atoms with E-state index < -0.39 is 18.1 Å². The first-order valence-electron chi connectivity index (χ1n) is 12.9. The van der Waals surface area contributed by atoms with Gasteiger partial charge >= 0.3 is 12.1 Å². The second-order valence-corrected chi connectivity index (χ2v) is 9.88. The summed E-state index contributed by atoms with van der Waals surface area (Å²) in [5, 5.41) is 15.0. The number of hydrogen-bond acceptors (Lipinski definition) is 5. The number of amides is 2. The van der Waals surface area contributed by atoms with Crippen molar-refractivity contribution >= 4 is 18.0 Å². The van der Waals surface area contributed by atoms with Crippen molar-refractivity contribution in [2.24, 2.45) is 5.92 Å². The predicted molar refractivity (Wildman–Crippen MR) is 142 cm³/mol. The third kappa shape index (κ3) is 6.03. The average molecular weight is 514 g/mol. The van der Waals surface area contributed by atoms with Crippen LogP contribution in [0.2, 0.25) is 0 Å². The van der Waals surface area contributed by atoms with E-state index in [0.717, 1.165) is 49.2 Å². The Balaban J connectivity index is 1.28. The zero-order valence-corrected chi connectivity index (χ0v) is 21.0. The lowest BCUT2D eigenvalue weighted by atomic mass is 9.86. The molecule has 0 spiro atoms. The molecule has 2 bridgehead atoms. The summed E-state index contributed by atoms with van der Waals surface area (Å²) in [6.45, 7) is 3.18. The molecule has 3 aliphatic heterocycles. The molecule has 2 atom stereocenters. The van der Waals surface area contributed by atoms with Crippen LogP contribution >= 0.6 is 0 Å². The van der Waals surface area contributed by atoms with E-state index in [1.807, 2.05) is 36.4 Å². The summed E-state index contributed by atoms with van der Waals surface area (Å²) >= 11 is 0. The lowest BCUT2D eigenvalue weighted by Crippen LogP contribution is -2.52. The SMILES string of the molecule is O=C(NC(c1ccccc1)c1cccc(C(=O)NCc2ccc(C(=O)O)cc2)c1)OC1CN2CCC1CC2. The van der Waals surface area contributed by atoms with Gasteiger partial charge in [-0.3, -0.25) is 9.69 Å². The van der Waals surface area contributed by atoms with E-state index in [4.69, 9.17) is 9.84 Å². The quantitative estimate of drug-likeness (QED) is 0.416. The maximum absolute atomic E-state index is 13.0. The lowest BCUT2D eigenvalue weighted by Gasteiger charge is -2.43. The van der Waals surface area contributed by atoms with Gasteiger partial charge in [0.05, 0.1) is 11.6 Å². The van der Waals surface area contributed by atoms with Crippen molar-refractivity contribution in [3.63, 3.8) is 0 Å². The number of carbonyl (C=O) groups is 3. The summed E-state index contributed by atoms with van der Waals surface area (Å²) in [4.78, 5) is 39.3. The van der Waals surface area contributed by atoms with E-state index in [1.54, 1.807) is 30.3 Å². The first-order valence-corrected chi connectivity index (χ1v) is 12.9. The summed E-state index contributed by atoms with van der Waals surface area (Å²) in [6.07, 6.45) is 1.55. The monoisotopic (exact) mass is 513 g/mol. The fraction of sp³-hybridized carbons (Fsp3) is 0.300. The van der Waals surface area contributed by atoms with Crippen LogP contribution in [-0.4, -0.2) is 53.7 Å². The highest BCUT2D eigenvalue weighted by molar-refractivity contribution is 5.94. The molecule has 3 heterocycles. The van der Waals surface area contributed by atoms with Gasteiger partial charge in [-0.05, 0) is 72.8 Å². The summed E-state index contributed by atoms with van der Waals surface area (Å²) in [7, 11) is 0. The van der Waals surface area contributed by atoms with Gasteiger partial charge in [-0.15, -0.1) is 0 Å². The first-order chi connectivity index (χ1) is 18.5. The Bertz CT molecular complexity index is 1290. The van der Waals surface area contributed by atoms with Crippen LogP contribution in [0.5, 0.6) is 0 Å². The molecule has 3 N–H and O–H groups in total. The second kappa shape index (κ2) is 11.5. The van der Waals surface area contributed by atoms with E-state index >= 15 is 0 Å². The Morgan fingerprint density at radius 1 is 0.895 bits per heavy atom. The fourth-order valence-electron chi connectivity index (χ4n) is 5.25. The molecule has 0 aliphatic carbocycles. The molecule has 2 unspecified atom stereocenters. The van der Waals surface area contributed by atoms with E-state index in [-0.39, 0.29) is 24.1 Å². The van der Waals surface area contributed by atoms with Gasteiger partial charge in [-0.2, -0.15) is 0 Å². The van der Waals surface area contributed by atoms with E-state index in [2.05, 4.69) is 15.5 Å². The minimum Gasteiger partial charge on any atom is -0.478 e. The van der Waals surface area contributed by atoms with Crippen molar-refractivity contribution in [1.82, 2.24) is 15.5 Å². The highest BCUT2D eigenvalue weighted by Gasteiger charge is 2.36. The van der Waals surface area contributed by atoms with Gasteiger partial charge in [0.15, 0.2) is 0 Å². The number of piperidine rings is 3. The molecule has 0 aromatic heterocycles. The molecule has 3 aromatic rings. The minimum atomic E-state index is -0.994. The smallest absolute Gasteiger partial charge is 0.408 e. The standard InChI is InChI=1S/C30H31N3O5/c34-28(31-18-20-9-11-23(12-10-20)29(35)36)25-8-4-7-24(17-25)27(22-5-2-1-3-6-22)32-30(37)38-26-19-33-15-13-21(26)14-16-33/h1-12,17,21,26-27H,13-16,18-19H2,(H,31,34)(H,32,37)(H,35,36). The molecule has 38 heavy (non-hydrogen) atoms. The summed E-state index contributed by atoms with van der Waals surface area (Å²) in [5.74, 6) is -0.851. The van der Waals surface area contributed by atoms with Crippen molar-refractivity contribution in [2.45, 2.75) is 31.5 Å². The summed E-state index contributed by atoms with van der Waals surface area (Å²) < 4.78 is 5.88. The Kier molecular flexibility index (Phi) is 7.70. The zero-order valence-electron chi connectivity index (χ0n) is 21.0. The number of carbonyl (C=O) groups excluding carboxylic acids is 2. The molecule has 8 nitrogen and oxygen atoms in total. The molecule has 0 saturated carbocycles. The van der Waals surface area contributed by atoms with Crippen LogP contribution in [-0.2, 0) is 11.3 Å². The fourth-order valence-corrected chi connectivity index (χ4v) is 5.25. The molecule has 3 fully saturated rings. The largest absolute Gasteiger partial charge is 0.478 e. The van der Waals surface area contributed by atoms with Crippen molar-refractivity contribution in [3.05, 3.63) is 107 Å². The van der Waals surface area contributed by atoms with Crippen molar-refractivity contribution < 1.29 is 24.2 Å². The molecule has 196 valence electrons. The predicted octanol–water partition coefficient (Wildman–Crippen LogP) is 4.22. The van der Waals surface area contributed by atoms with Crippen LogP contribution in [0.1, 0.15) is 56.3 Å². The minimum absolute atomic E-state index is 0.101. The van der Waals surface area contributed by atoms with Crippen LogP contribution in [0, 0.1) is 5.92 Å². The molecule has 3 saturated heterocycles. The first kappa shape index (κ1) is 25.5. The van der Waals surface area contributed by atoms with E-state index in [1.165, 1.54) is 12.1 Å². The van der Waals surface area contributed by atoms with Gasteiger partial charge in [-0.1, -0.05) is 54.6 Å².